The van der Waals surface area contributed by atoms with E-state index in [0.29, 0.717) is 28.9 Å². The SMILES string of the molecule is O=C(NCc1cccc(N2CCCCC2=O)c1)c1nnn(-c2ccc(F)cc2)c1C(F)(F)F. The number of alkyl halides is 3. The van der Waals surface area contributed by atoms with Gasteiger partial charge < -0.3 is 10.2 Å². The van der Waals surface area contributed by atoms with Gasteiger partial charge in [0.25, 0.3) is 5.91 Å². The van der Waals surface area contributed by atoms with Crippen molar-refractivity contribution in [2.45, 2.75) is 32.0 Å². The van der Waals surface area contributed by atoms with Gasteiger partial charge in [-0.15, -0.1) is 5.10 Å². The number of anilines is 1. The minimum atomic E-state index is -4.93. The van der Waals surface area contributed by atoms with Crippen LogP contribution in [0.1, 0.15) is 41.0 Å². The number of hydrogen-bond acceptors (Lipinski definition) is 4. The largest absolute Gasteiger partial charge is 0.435 e. The zero-order chi connectivity index (χ0) is 23.6. The maximum atomic E-state index is 13.7. The number of rotatable bonds is 5. The number of hydrogen-bond donors (Lipinski definition) is 1. The zero-order valence-corrected chi connectivity index (χ0v) is 17.3. The van der Waals surface area contributed by atoms with Crippen molar-refractivity contribution in [3.05, 3.63) is 71.3 Å². The van der Waals surface area contributed by atoms with Gasteiger partial charge in [0.1, 0.15) is 5.82 Å². The summed E-state index contributed by atoms with van der Waals surface area (Å²) in [6.45, 7) is 0.519. The molecule has 0 aliphatic carbocycles. The van der Waals surface area contributed by atoms with Crippen molar-refractivity contribution in [3.63, 3.8) is 0 Å². The maximum Gasteiger partial charge on any atom is 0.435 e. The Labute approximate surface area is 186 Å². The van der Waals surface area contributed by atoms with E-state index in [1.807, 2.05) is 0 Å². The lowest BCUT2D eigenvalue weighted by molar-refractivity contribution is -0.143. The van der Waals surface area contributed by atoms with Gasteiger partial charge in [-0.3, -0.25) is 9.59 Å². The Morgan fingerprint density at radius 3 is 2.52 bits per heavy atom. The van der Waals surface area contributed by atoms with Crippen LogP contribution in [0.25, 0.3) is 5.69 Å². The van der Waals surface area contributed by atoms with Gasteiger partial charge in [0.2, 0.25) is 5.91 Å². The molecule has 172 valence electrons. The average Bonchev–Trinajstić information content (AvgIpc) is 3.24. The smallest absolute Gasteiger partial charge is 0.346 e. The average molecular weight is 461 g/mol. The minimum absolute atomic E-state index is 0.00895. The topological polar surface area (TPSA) is 80.1 Å². The van der Waals surface area contributed by atoms with Crippen LogP contribution >= 0.6 is 0 Å². The molecule has 4 rings (SSSR count). The Hall–Kier alpha value is -3.76. The molecule has 0 spiro atoms. The van der Waals surface area contributed by atoms with Crippen LogP contribution < -0.4 is 10.2 Å². The van der Waals surface area contributed by atoms with Crippen molar-refractivity contribution in [3.8, 4) is 5.69 Å². The molecule has 1 aliphatic rings. The molecule has 0 radical (unpaired) electrons. The summed E-state index contributed by atoms with van der Waals surface area (Å²) < 4.78 is 54.8. The summed E-state index contributed by atoms with van der Waals surface area (Å²) in [5, 5.41) is 9.32. The third-order valence-electron chi connectivity index (χ3n) is 5.22. The molecule has 1 aromatic heterocycles. The Bertz CT molecular complexity index is 1170. The molecule has 1 fully saturated rings. The lowest BCUT2D eigenvalue weighted by Gasteiger charge is -2.27. The Balaban J connectivity index is 1.54. The van der Waals surface area contributed by atoms with Crippen molar-refractivity contribution in [1.82, 2.24) is 20.3 Å². The van der Waals surface area contributed by atoms with Crippen molar-refractivity contribution >= 4 is 17.5 Å². The zero-order valence-electron chi connectivity index (χ0n) is 17.3. The van der Waals surface area contributed by atoms with Crippen LogP contribution in [0.2, 0.25) is 0 Å². The minimum Gasteiger partial charge on any atom is -0.346 e. The standard InChI is InChI=1S/C22H19F4N5O2/c23-15-7-9-16(10-8-15)31-20(22(24,25)26)19(28-29-31)21(33)27-13-14-4-3-5-17(12-14)30-11-2-1-6-18(30)32/h3-5,7-10,12H,1-2,6,11,13H2,(H,27,33). The summed E-state index contributed by atoms with van der Waals surface area (Å²) in [4.78, 5) is 26.4. The number of aromatic nitrogens is 3. The molecule has 0 unspecified atom stereocenters. The van der Waals surface area contributed by atoms with Gasteiger partial charge in [-0.2, -0.15) is 13.2 Å². The first-order valence-electron chi connectivity index (χ1n) is 10.2. The molecule has 3 aromatic rings. The Kier molecular flexibility index (Phi) is 6.12. The van der Waals surface area contributed by atoms with E-state index in [1.54, 1.807) is 29.2 Å². The van der Waals surface area contributed by atoms with E-state index in [0.717, 1.165) is 37.1 Å². The number of carbonyl (C=O) groups is 2. The number of benzene rings is 2. The number of nitrogens with one attached hydrogen (secondary N) is 1. The predicted molar refractivity (Wildman–Crippen MR) is 110 cm³/mol. The molecular weight excluding hydrogens is 442 g/mol. The first kappa shape index (κ1) is 22.4. The number of carbonyl (C=O) groups excluding carboxylic acids is 2. The summed E-state index contributed by atoms with van der Waals surface area (Å²) in [5.74, 6) is -1.68. The molecule has 2 aromatic carbocycles. The Morgan fingerprint density at radius 2 is 1.82 bits per heavy atom. The number of amides is 2. The molecule has 2 heterocycles. The van der Waals surface area contributed by atoms with Crippen molar-refractivity contribution in [1.29, 1.82) is 0 Å². The van der Waals surface area contributed by atoms with Crippen LogP contribution in [0.4, 0.5) is 23.2 Å². The molecule has 0 bridgehead atoms. The van der Waals surface area contributed by atoms with Crippen LogP contribution in [-0.2, 0) is 17.5 Å². The normalized spacial score (nSPS) is 14.4. The van der Waals surface area contributed by atoms with Crippen LogP contribution in [0.3, 0.4) is 0 Å². The van der Waals surface area contributed by atoms with E-state index in [4.69, 9.17) is 0 Å². The molecule has 1 saturated heterocycles. The molecule has 33 heavy (non-hydrogen) atoms. The second-order valence-corrected chi connectivity index (χ2v) is 7.53. The number of halogens is 4. The summed E-state index contributed by atoms with van der Waals surface area (Å²) in [6.07, 6.45) is -2.74. The molecule has 1 aliphatic heterocycles. The number of nitrogens with zero attached hydrogens (tertiary/aromatic N) is 4. The molecule has 2 amide bonds. The highest BCUT2D eigenvalue weighted by Gasteiger charge is 2.42. The first-order valence-corrected chi connectivity index (χ1v) is 10.2. The molecular formula is C22H19F4N5O2. The van der Waals surface area contributed by atoms with Crippen LogP contribution in [-0.4, -0.2) is 33.4 Å². The van der Waals surface area contributed by atoms with Crippen molar-refractivity contribution < 1.29 is 27.2 Å². The summed E-state index contributed by atoms with van der Waals surface area (Å²) >= 11 is 0. The maximum absolute atomic E-state index is 13.7. The van der Waals surface area contributed by atoms with Gasteiger partial charge in [-0.1, -0.05) is 17.3 Å². The van der Waals surface area contributed by atoms with Crippen LogP contribution in [0.5, 0.6) is 0 Å². The monoisotopic (exact) mass is 461 g/mol. The first-order chi connectivity index (χ1) is 15.7. The second-order valence-electron chi connectivity index (χ2n) is 7.53. The fraction of sp³-hybridized carbons (Fsp3) is 0.273. The molecule has 11 heteroatoms. The van der Waals surface area contributed by atoms with E-state index in [2.05, 4.69) is 15.6 Å². The lowest BCUT2D eigenvalue weighted by atomic mass is 10.1. The fourth-order valence-electron chi connectivity index (χ4n) is 3.63. The van der Waals surface area contributed by atoms with Gasteiger partial charge in [0, 0.05) is 25.2 Å². The highest BCUT2D eigenvalue weighted by Crippen LogP contribution is 2.33. The summed E-state index contributed by atoms with van der Waals surface area (Å²) in [5.41, 5.74) is -1.06. The predicted octanol–water partition coefficient (Wildman–Crippen LogP) is 3.87. The summed E-state index contributed by atoms with van der Waals surface area (Å²) in [7, 11) is 0. The number of piperidine rings is 1. The molecule has 0 atom stereocenters. The van der Waals surface area contributed by atoms with E-state index < -0.39 is 29.3 Å². The van der Waals surface area contributed by atoms with Crippen LogP contribution in [0, 0.1) is 5.82 Å². The van der Waals surface area contributed by atoms with E-state index >= 15 is 0 Å². The van der Waals surface area contributed by atoms with E-state index in [1.165, 1.54) is 0 Å². The third kappa shape index (κ3) is 4.86. The Morgan fingerprint density at radius 1 is 1.06 bits per heavy atom. The third-order valence-corrected chi connectivity index (χ3v) is 5.22. The van der Waals surface area contributed by atoms with Gasteiger partial charge in [0.05, 0.1) is 5.69 Å². The van der Waals surface area contributed by atoms with Gasteiger partial charge in [0.15, 0.2) is 11.4 Å². The van der Waals surface area contributed by atoms with Gasteiger partial charge >= 0.3 is 6.18 Å². The fourth-order valence-corrected chi connectivity index (χ4v) is 3.63. The quantitative estimate of drug-likeness (QED) is 0.585. The van der Waals surface area contributed by atoms with Crippen LogP contribution in [0.15, 0.2) is 48.5 Å². The van der Waals surface area contributed by atoms with Crippen molar-refractivity contribution in [2.75, 3.05) is 11.4 Å². The van der Waals surface area contributed by atoms with E-state index in [-0.39, 0.29) is 18.1 Å². The van der Waals surface area contributed by atoms with Crippen molar-refractivity contribution in [2.24, 2.45) is 0 Å². The molecule has 0 saturated carbocycles. The second kappa shape index (κ2) is 9.00. The highest BCUT2D eigenvalue weighted by atomic mass is 19.4. The lowest BCUT2D eigenvalue weighted by Crippen LogP contribution is -2.35. The summed E-state index contributed by atoms with van der Waals surface area (Å²) in [6, 6.07) is 11.1. The van der Waals surface area contributed by atoms with Gasteiger partial charge in [-0.05, 0) is 54.8 Å². The van der Waals surface area contributed by atoms with Gasteiger partial charge in [-0.25, -0.2) is 9.07 Å². The van der Waals surface area contributed by atoms with E-state index in [9.17, 15) is 27.2 Å². The molecule has 1 N–H and O–H groups in total. The molecule has 7 nitrogen and oxygen atoms in total. The highest BCUT2D eigenvalue weighted by molar-refractivity contribution is 5.94.